The highest BCUT2D eigenvalue weighted by atomic mass is 19.1. The molecule has 0 unspecified atom stereocenters. The molecule has 32 heavy (non-hydrogen) atoms. The number of oxazole rings is 1. The molecule has 0 aliphatic heterocycles. The zero-order valence-electron chi connectivity index (χ0n) is 17.5. The average molecular weight is 431 g/mol. The third-order valence-electron chi connectivity index (χ3n) is 4.96. The van der Waals surface area contributed by atoms with E-state index in [4.69, 9.17) is 4.42 Å². The Morgan fingerprint density at radius 3 is 2.62 bits per heavy atom. The molecule has 0 fully saturated rings. The molecule has 160 valence electrons. The van der Waals surface area contributed by atoms with Crippen LogP contribution in [-0.4, -0.2) is 35.0 Å². The maximum Gasteiger partial charge on any atom is 0.293 e. The van der Waals surface area contributed by atoms with E-state index in [1.54, 1.807) is 41.5 Å². The normalized spacial score (nSPS) is 11.2. The van der Waals surface area contributed by atoms with E-state index >= 15 is 0 Å². The molecule has 0 saturated heterocycles. The van der Waals surface area contributed by atoms with Gasteiger partial charge in [-0.25, -0.2) is 19.3 Å². The van der Waals surface area contributed by atoms with Crippen LogP contribution in [0.4, 0.5) is 10.1 Å². The number of nitrogens with one attached hydrogen (secondary N) is 1. The van der Waals surface area contributed by atoms with Gasteiger partial charge in [0.15, 0.2) is 5.89 Å². The number of halogens is 1. The number of imidazole rings is 1. The highest BCUT2D eigenvalue weighted by Gasteiger charge is 2.18. The smallest absolute Gasteiger partial charge is 0.293 e. The Balaban J connectivity index is 1.47. The molecule has 1 amide bonds. The minimum absolute atomic E-state index is 0.119. The number of aromatic nitrogens is 6. The van der Waals surface area contributed by atoms with Crippen molar-refractivity contribution in [1.29, 1.82) is 0 Å². The molecular formula is C22H18FN7O2. The van der Waals surface area contributed by atoms with Crippen molar-refractivity contribution in [1.82, 2.24) is 29.1 Å². The number of nitrogens with zero attached hydrogens (tertiary/aromatic N) is 6. The van der Waals surface area contributed by atoms with Crippen molar-refractivity contribution in [2.24, 2.45) is 7.05 Å². The fourth-order valence-corrected chi connectivity index (χ4v) is 3.46. The summed E-state index contributed by atoms with van der Waals surface area (Å²) in [7, 11) is 1.84. The van der Waals surface area contributed by atoms with E-state index in [0.717, 1.165) is 11.1 Å². The van der Waals surface area contributed by atoms with Crippen molar-refractivity contribution < 1.29 is 13.6 Å². The maximum absolute atomic E-state index is 14.6. The van der Waals surface area contributed by atoms with Gasteiger partial charge >= 0.3 is 0 Å². The van der Waals surface area contributed by atoms with Crippen molar-refractivity contribution in [3.8, 4) is 22.4 Å². The topological polar surface area (TPSA) is 103 Å². The summed E-state index contributed by atoms with van der Waals surface area (Å²) in [5, 5.41) is 6.89. The molecule has 0 spiro atoms. The Morgan fingerprint density at radius 2 is 1.91 bits per heavy atom. The van der Waals surface area contributed by atoms with Gasteiger partial charge in [0.05, 0.1) is 17.6 Å². The van der Waals surface area contributed by atoms with Gasteiger partial charge in [-0.05, 0) is 25.1 Å². The van der Waals surface area contributed by atoms with E-state index in [1.807, 2.05) is 19.4 Å². The standard InChI is InChI=1S/C22H18FN7O2/c1-12-20(32-13(2)26-12)21(31)27-16-4-5-18(23)17(6-16)19-11-30-10-14(7-24-22(30)28-19)15-8-25-29(3)9-15/h4-11H,1-3H3,(H,27,31). The van der Waals surface area contributed by atoms with Gasteiger partial charge in [-0.15, -0.1) is 0 Å². The average Bonchev–Trinajstić information content (AvgIpc) is 3.46. The van der Waals surface area contributed by atoms with Crippen LogP contribution in [0, 0.1) is 19.7 Å². The van der Waals surface area contributed by atoms with Crippen molar-refractivity contribution in [3.63, 3.8) is 0 Å². The first-order chi connectivity index (χ1) is 15.4. The fourth-order valence-electron chi connectivity index (χ4n) is 3.46. The Kier molecular flexibility index (Phi) is 4.54. The molecule has 5 aromatic rings. The van der Waals surface area contributed by atoms with Crippen LogP contribution in [0.25, 0.3) is 28.2 Å². The van der Waals surface area contributed by atoms with E-state index in [9.17, 15) is 9.18 Å². The Bertz CT molecular complexity index is 1480. The Labute approximate surface area is 181 Å². The summed E-state index contributed by atoms with van der Waals surface area (Å²) in [5.41, 5.74) is 3.28. The molecule has 10 heteroatoms. The molecule has 0 bridgehead atoms. The molecule has 1 aromatic carbocycles. The highest BCUT2D eigenvalue weighted by molar-refractivity contribution is 6.03. The van der Waals surface area contributed by atoms with E-state index < -0.39 is 11.7 Å². The Morgan fingerprint density at radius 1 is 1.09 bits per heavy atom. The van der Waals surface area contributed by atoms with Gasteiger partial charge in [-0.1, -0.05) is 0 Å². The quantitative estimate of drug-likeness (QED) is 0.464. The summed E-state index contributed by atoms with van der Waals surface area (Å²) >= 11 is 0. The lowest BCUT2D eigenvalue weighted by atomic mass is 10.1. The van der Waals surface area contributed by atoms with Crippen molar-refractivity contribution in [2.75, 3.05) is 5.32 Å². The predicted octanol–water partition coefficient (Wildman–Crippen LogP) is 3.79. The second-order valence-electron chi connectivity index (χ2n) is 7.37. The predicted molar refractivity (Wildman–Crippen MR) is 115 cm³/mol. The number of anilines is 1. The minimum Gasteiger partial charge on any atom is -0.436 e. The number of carbonyl (C=O) groups excluding carboxylic acids is 1. The van der Waals surface area contributed by atoms with Crippen LogP contribution in [0.15, 0.2) is 53.6 Å². The second-order valence-corrected chi connectivity index (χ2v) is 7.37. The van der Waals surface area contributed by atoms with Gasteiger partial charge in [0.25, 0.3) is 5.91 Å². The van der Waals surface area contributed by atoms with Gasteiger partial charge in [0.2, 0.25) is 11.5 Å². The van der Waals surface area contributed by atoms with E-state index in [0.29, 0.717) is 28.7 Å². The lowest BCUT2D eigenvalue weighted by Crippen LogP contribution is -2.12. The van der Waals surface area contributed by atoms with Gasteiger partial charge < -0.3 is 9.73 Å². The molecule has 9 nitrogen and oxygen atoms in total. The second kappa shape index (κ2) is 7.41. The summed E-state index contributed by atoms with van der Waals surface area (Å²) < 4.78 is 23.4. The summed E-state index contributed by atoms with van der Waals surface area (Å²) in [4.78, 5) is 25.4. The van der Waals surface area contributed by atoms with Crippen LogP contribution in [0.5, 0.6) is 0 Å². The molecule has 0 aliphatic carbocycles. The number of hydrogen-bond acceptors (Lipinski definition) is 6. The first-order valence-electron chi connectivity index (χ1n) is 9.76. The largest absolute Gasteiger partial charge is 0.436 e. The van der Waals surface area contributed by atoms with Crippen molar-refractivity contribution >= 4 is 17.4 Å². The van der Waals surface area contributed by atoms with Crippen LogP contribution in [0.1, 0.15) is 22.1 Å². The molecule has 4 heterocycles. The van der Waals surface area contributed by atoms with Crippen LogP contribution < -0.4 is 5.32 Å². The highest BCUT2D eigenvalue weighted by Crippen LogP contribution is 2.27. The first-order valence-corrected chi connectivity index (χ1v) is 9.76. The lowest BCUT2D eigenvalue weighted by molar-refractivity contribution is 0.0994. The van der Waals surface area contributed by atoms with Crippen LogP contribution in [-0.2, 0) is 7.05 Å². The molecule has 4 aromatic heterocycles. The zero-order valence-corrected chi connectivity index (χ0v) is 17.5. The molecule has 0 atom stereocenters. The van der Waals surface area contributed by atoms with Crippen LogP contribution in [0.2, 0.25) is 0 Å². The van der Waals surface area contributed by atoms with Crippen molar-refractivity contribution in [2.45, 2.75) is 13.8 Å². The SMILES string of the molecule is Cc1nc(C)c(C(=O)Nc2ccc(F)c(-c3cn4cc(-c5cnn(C)c5)cnc4n3)c2)o1. The Hall–Kier alpha value is -4.34. The summed E-state index contributed by atoms with van der Waals surface area (Å²) in [5.74, 6) is 0.0155. The van der Waals surface area contributed by atoms with Gasteiger partial charge in [0.1, 0.15) is 5.82 Å². The number of fused-ring (bicyclic) bond motifs is 1. The first kappa shape index (κ1) is 19.6. The number of carbonyl (C=O) groups is 1. The minimum atomic E-state index is -0.467. The molecular weight excluding hydrogens is 413 g/mol. The third-order valence-corrected chi connectivity index (χ3v) is 4.96. The molecule has 1 N–H and O–H groups in total. The monoisotopic (exact) mass is 431 g/mol. The van der Waals surface area contributed by atoms with Gasteiger partial charge in [-0.3, -0.25) is 13.9 Å². The number of benzene rings is 1. The summed E-state index contributed by atoms with van der Waals surface area (Å²) in [6.07, 6.45) is 8.86. The summed E-state index contributed by atoms with van der Waals surface area (Å²) in [6.45, 7) is 3.35. The van der Waals surface area contributed by atoms with Crippen molar-refractivity contribution in [3.05, 3.63) is 72.3 Å². The number of amides is 1. The molecule has 0 aliphatic rings. The number of aryl methyl sites for hydroxylation is 3. The zero-order chi connectivity index (χ0) is 22.4. The lowest BCUT2D eigenvalue weighted by Gasteiger charge is -2.06. The fraction of sp³-hybridized carbons (Fsp3) is 0.136. The van der Waals surface area contributed by atoms with E-state index in [2.05, 4.69) is 25.4 Å². The van der Waals surface area contributed by atoms with E-state index in [1.165, 1.54) is 18.2 Å². The van der Waals surface area contributed by atoms with E-state index in [-0.39, 0.29) is 11.3 Å². The van der Waals surface area contributed by atoms with Crippen LogP contribution in [0.3, 0.4) is 0 Å². The third kappa shape index (κ3) is 3.51. The number of hydrogen-bond donors (Lipinski definition) is 1. The molecule has 5 rings (SSSR count). The summed E-state index contributed by atoms with van der Waals surface area (Å²) in [6, 6.07) is 4.28. The molecule has 0 radical (unpaired) electrons. The van der Waals surface area contributed by atoms with Crippen LogP contribution >= 0.6 is 0 Å². The maximum atomic E-state index is 14.6. The van der Waals surface area contributed by atoms with Gasteiger partial charge in [-0.2, -0.15) is 5.10 Å². The molecule has 0 saturated carbocycles. The number of rotatable bonds is 4. The van der Waals surface area contributed by atoms with Gasteiger partial charge in [0, 0.05) is 61.1 Å².